The number of rotatable bonds is 5. The van der Waals surface area contributed by atoms with Gasteiger partial charge in [0, 0.05) is 17.5 Å². The van der Waals surface area contributed by atoms with Gasteiger partial charge in [-0.05, 0) is 41.0 Å². The number of methoxy groups -OCH3 is 1. The third-order valence-corrected chi connectivity index (χ3v) is 4.80. The van der Waals surface area contributed by atoms with E-state index in [0.717, 1.165) is 27.8 Å². The van der Waals surface area contributed by atoms with E-state index in [1.807, 2.05) is 42.5 Å². The lowest BCUT2D eigenvalue weighted by molar-refractivity contribution is 0.0996. The summed E-state index contributed by atoms with van der Waals surface area (Å²) >= 11 is 0. The third-order valence-electron chi connectivity index (χ3n) is 4.80. The number of aromatic nitrogens is 2. The van der Waals surface area contributed by atoms with Gasteiger partial charge < -0.3 is 20.7 Å². The van der Waals surface area contributed by atoms with Crippen molar-refractivity contribution in [3.63, 3.8) is 0 Å². The molecule has 4 rings (SSSR count). The smallest absolute Gasteiger partial charge is 0.267 e. The summed E-state index contributed by atoms with van der Waals surface area (Å²) in [6.07, 6.45) is 0. The number of benzene rings is 2. The third kappa shape index (κ3) is 3.45. The van der Waals surface area contributed by atoms with Crippen LogP contribution in [-0.2, 0) is 6.54 Å². The number of aromatic hydroxyl groups is 2. The molecule has 146 valence electrons. The fourth-order valence-electron chi connectivity index (χ4n) is 3.30. The minimum atomic E-state index is -0.618. The molecule has 7 heteroatoms. The minimum absolute atomic E-state index is 0.0413. The van der Waals surface area contributed by atoms with Gasteiger partial charge >= 0.3 is 0 Å². The Balaban J connectivity index is 1.84. The van der Waals surface area contributed by atoms with Crippen molar-refractivity contribution in [2.75, 3.05) is 7.11 Å². The van der Waals surface area contributed by atoms with E-state index in [1.165, 1.54) is 16.7 Å². The second-order valence-electron chi connectivity index (χ2n) is 6.64. The Morgan fingerprint density at radius 1 is 1.03 bits per heavy atom. The molecule has 4 aromatic rings. The number of pyridine rings is 1. The molecule has 0 atom stereocenters. The largest absolute Gasteiger partial charge is 0.497 e. The monoisotopic (exact) mass is 389 g/mol. The van der Waals surface area contributed by atoms with Crippen LogP contribution in [-0.4, -0.2) is 32.8 Å². The molecule has 0 saturated heterocycles. The predicted molar refractivity (Wildman–Crippen MR) is 109 cm³/mol. The lowest BCUT2D eigenvalue weighted by Crippen LogP contribution is -2.13. The van der Waals surface area contributed by atoms with Crippen molar-refractivity contribution in [1.29, 1.82) is 0 Å². The van der Waals surface area contributed by atoms with Crippen LogP contribution in [0.4, 0.5) is 0 Å². The van der Waals surface area contributed by atoms with Gasteiger partial charge in [-0.3, -0.25) is 9.36 Å². The fraction of sp³-hybridized carbons (Fsp3) is 0.0909. The van der Waals surface area contributed by atoms with Crippen molar-refractivity contribution >= 4 is 16.8 Å². The van der Waals surface area contributed by atoms with Crippen LogP contribution >= 0.6 is 0 Å². The molecule has 29 heavy (non-hydrogen) atoms. The number of carbonyl (C=O) groups excluding carboxylic acids is 1. The van der Waals surface area contributed by atoms with Crippen molar-refractivity contribution in [3.05, 3.63) is 71.9 Å². The summed E-state index contributed by atoms with van der Waals surface area (Å²) in [6, 6.07) is 17.6. The summed E-state index contributed by atoms with van der Waals surface area (Å²) in [6.45, 7) is 0.251. The number of carbonyl (C=O) groups is 1. The van der Waals surface area contributed by atoms with Crippen molar-refractivity contribution in [2.24, 2.45) is 5.73 Å². The summed E-state index contributed by atoms with van der Waals surface area (Å²) in [5, 5.41) is 20.6. The molecule has 1 amide bonds. The van der Waals surface area contributed by atoms with Crippen LogP contribution in [0.5, 0.6) is 17.5 Å². The average molecular weight is 389 g/mol. The van der Waals surface area contributed by atoms with E-state index in [-0.39, 0.29) is 24.0 Å². The minimum Gasteiger partial charge on any atom is -0.497 e. The summed E-state index contributed by atoms with van der Waals surface area (Å²) in [7, 11) is 1.60. The van der Waals surface area contributed by atoms with Gasteiger partial charge in [0.1, 0.15) is 11.4 Å². The van der Waals surface area contributed by atoms with Crippen LogP contribution in [0.2, 0.25) is 0 Å². The zero-order chi connectivity index (χ0) is 20.5. The van der Waals surface area contributed by atoms with E-state index in [0.29, 0.717) is 5.52 Å². The number of nitrogens with zero attached hydrogens (tertiary/aromatic N) is 2. The van der Waals surface area contributed by atoms with Gasteiger partial charge in [-0.2, -0.15) is 0 Å². The Morgan fingerprint density at radius 3 is 2.34 bits per heavy atom. The van der Waals surface area contributed by atoms with Crippen LogP contribution in [0.1, 0.15) is 16.1 Å². The van der Waals surface area contributed by atoms with Crippen LogP contribution in [0.15, 0.2) is 60.7 Å². The first-order valence-electron chi connectivity index (χ1n) is 8.91. The molecule has 0 spiro atoms. The fourth-order valence-corrected chi connectivity index (χ4v) is 3.30. The summed E-state index contributed by atoms with van der Waals surface area (Å²) < 4.78 is 6.57. The standard InChI is InChI=1S/C22H19N3O4/c1-29-15-5-3-14(4-6-15)17-11-19(22(23)28)24-18-10-13(2-7-16(17)18)12-25-20(26)8-9-21(25)27/h2-11,26-27H,12H2,1H3,(H2,23,28). The molecule has 0 saturated carbocycles. The number of ether oxygens (including phenoxy) is 1. The first-order valence-corrected chi connectivity index (χ1v) is 8.91. The van der Waals surface area contributed by atoms with Crippen molar-refractivity contribution in [1.82, 2.24) is 9.55 Å². The maximum absolute atomic E-state index is 11.8. The zero-order valence-electron chi connectivity index (χ0n) is 15.7. The van der Waals surface area contributed by atoms with Gasteiger partial charge in [0.2, 0.25) is 0 Å². The molecule has 0 fully saturated rings. The van der Waals surface area contributed by atoms with Crippen molar-refractivity contribution < 1.29 is 19.7 Å². The number of hydrogen-bond acceptors (Lipinski definition) is 5. The first-order chi connectivity index (χ1) is 14.0. The van der Waals surface area contributed by atoms with E-state index in [1.54, 1.807) is 13.2 Å². The van der Waals surface area contributed by atoms with Gasteiger partial charge in [-0.25, -0.2) is 4.98 Å². The molecule has 0 aliphatic rings. The maximum Gasteiger partial charge on any atom is 0.267 e. The predicted octanol–water partition coefficient (Wildman–Crippen LogP) is 3.27. The first kappa shape index (κ1) is 18.4. The number of fused-ring (bicyclic) bond motifs is 1. The lowest BCUT2D eigenvalue weighted by Gasteiger charge is -2.12. The van der Waals surface area contributed by atoms with E-state index in [2.05, 4.69) is 4.98 Å². The second-order valence-corrected chi connectivity index (χ2v) is 6.64. The Hall–Kier alpha value is -4.00. The van der Waals surface area contributed by atoms with Crippen LogP contribution in [0, 0.1) is 0 Å². The van der Waals surface area contributed by atoms with Gasteiger partial charge in [0.05, 0.1) is 19.2 Å². The Labute approximate surface area is 166 Å². The number of nitrogens with two attached hydrogens (primary N) is 1. The maximum atomic E-state index is 11.8. The lowest BCUT2D eigenvalue weighted by atomic mass is 9.98. The quantitative estimate of drug-likeness (QED) is 0.485. The summed E-state index contributed by atoms with van der Waals surface area (Å²) in [5.74, 6) is 0.0318. The molecule has 0 bridgehead atoms. The zero-order valence-corrected chi connectivity index (χ0v) is 15.7. The Morgan fingerprint density at radius 2 is 1.72 bits per heavy atom. The molecule has 2 aromatic carbocycles. The molecule has 0 unspecified atom stereocenters. The SMILES string of the molecule is COc1ccc(-c2cc(C(N)=O)nc3cc(Cn4c(O)ccc4O)ccc23)cc1. The molecule has 0 aliphatic carbocycles. The van der Waals surface area contributed by atoms with Crippen LogP contribution in [0.25, 0.3) is 22.0 Å². The topological polar surface area (TPSA) is 111 Å². The van der Waals surface area contributed by atoms with Crippen LogP contribution < -0.4 is 10.5 Å². The molecule has 0 aliphatic heterocycles. The molecule has 4 N–H and O–H groups in total. The van der Waals surface area contributed by atoms with E-state index in [9.17, 15) is 15.0 Å². The highest BCUT2D eigenvalue weighted by Gasteiger charge is 2.13. The van der Waals surface area contributed by atoms with E-state index < -0.39 is 5.91 Å². The van der Waals surface area contributed by atoms with Crippen LogP contribution in [0.3, 0.4) is 0 Å². The molecular formula is C22H19N3O4. The number of hydrogen-bond donors (Lipinski definition) is 3. The van der Waals surface area contributed by atoms with Gasteiger partial charge in [0.25, 0.3) is 5.91 Å². The normalized spacial score (nSPS) is 10.9. The van der Waals surface area contributed by atoms with Crippen molar-refractivity contribution in [3.8, 4) is 28.6 Å². The highest BCUT2D eigenvalue weighted by atomic mass is 16.5. The Bertz CT molecular complexity index is 1190. The van der Waals surface area contributed by atoms with Gasteiger partial charge in [0.15, 0.2) is 11.8 Å². The summed E-state index contributed by atoms with van der Waals surface area (Å²) in [5.41, 5.74) is 8.77. The molecule has 7 nitrogen and oxygen atoms in total. The Kier molecular flexibility index (Phi) is 4.56. The second kappa shape index (κ2) is 7.20. The average Bonchev–Trinajstić information content (AvgIpc) is 3.04. The molecule has 0 radical (unpaired) electrons. The number of amides is 1. The van der Waals surface area contributed by atoms with E-state index in [4.69, 9.17) is 10.5 Å². The van der Waals surface area contributed by atoms with E-state index >= 15 is 0 Å². The van der Waals surface area contributed by atoms with Gasteiger partial charge in [-0.1, -0.05) is 24.3 Å². The van der Waals surface area contributed by atoms with Gasteiger partial charge in [-0.15, -0.1) is 0 Å². The van der Waals surface area contributed by atoms with Crippen molar-refractivity contribution in [2.45, 2.75) is 6.54 Å². The molecular weight excluding hydrogens is 370 g/mol. The summed E-state index contributed by atoms with van der Waals surface area (Å²) in [4.78, 5) is 16.2. The number of primary amides is 1. The molecule has 2 aromatic heterocycles. The molecule has 2 heterocycles. The highest BCUT2D eigenvalue weighted by Crippen LogP contribution is 2.31. The highest BCUT2D eigenvalue weighted by molar-refractivity contribution is 6.01.